The van der Waals surface area contributed by atoms with E-state index in [-0.39, 0.29) is 17.5 Å². The second kappa shape index (κ2) is 8.10. The molecule has 7 nitrogen and oxygen atoms in total. The Balaban J connectivity index is 1.54. The van der Waals surface area contributed by atoms with E-state index in [0.717, 1.165) is 15.3 Å². The molecule has 1 amide bonds. The second-order valence-corrected chi connectivity index (χ2v) is 7.96. The Morgan fingerprint density at radius 2 is 2.04 bits per heavy atom. The van der Waals surface area contributed by atoms with Crippen molar-refractivity contribution in [3.8, 4) is 11.6 Å². The van der Waals surface area contributed by atoms with Crippen LogP contribution in [0.2, 0.25) is 0 Å². The number of nitrogens with one attached hydrogen (secondary N) is 1. The van der Waals surface area contributed by atoms with E-state index in [0.29, 0.717) is 11.8 Å². The fourth-order valence-corrected chi connectivity index (χ4v) is 4.51. The van der Waals surface area contributed by atoms with Crippen LogP contribution in [0.4, 0.5) is 5.13 Å². The normalized spacial score (nSPS) is 14.8. The summed E-state index contributed by atoms with van der Waals surface area (Å²) in [6, 6.07) is 6.35. The van der Waals surface area contributed by atoms with E-state index in [1.165, 1.54) is 44.5 Å². The lowest BCUT2D eigenvalue weighted by atomic mass is 9.95. The number of rotatable bonds is 5. The molecule has 1 fully saturated rings. The number of amides is 1. The largest absolute Gasteiger partial charge is 0.437 e. The van der Waals surface area contributed by atoms with Crippen molar-refractivity contribution < 1.29 is 9.53 Å². The van der Waals surface area contributed by atoms with E-state index in [1.807, 2.05) is 18.2 Å². The molecule has 0 radical (unpaired) electrons. The number of ether oxygens (including phenoxy) is 1. The van der Waals surface area contributed by atoms with Gasteiger partial charge in [0.15, 0.2) is 5.13 Å². The minimum atomic E-state index is -0.300. The Morgan fingerprint density at radius 3 is 2.82 bits per heavy atom. The molecule has 1 aromatic carbocycles. The van der Waals surface area contributed by atoms with Gasteiger partial charge in [0.2, 0.25) is 5.88 Å². The summed E-state index contributed by atoms with van der Waals surface area (Å²) in [5, 5.41) is 3.57. The molecule has 1 N–H and O–H groups in total. The van der Waals surface area contributed by atoms with Crippen LogP contribution in [0.15, 0.2) is 30.6 Å². The molecule has 0 bridgehead atoms. The van der Waals surface area contributed by atoms with Gasteiger partial charge < -0.3 is 15.0 Å². The number of anilines is 1. The number of benzene rings is 1. The van der Waals surface area contributed by atoms with Gasteiger partial charge in [0.1, 0.15) is 11.4 Å². The number of hydrogen-bond acceptors (Lipinski definition) is 7. The third-order valence-corrected chi connectivity index (χ3v) is 6.18. The summed E-state index contributed by atoms with van der Waals surface area (Å²) in [6.07, 6.45) is 9.32. The fourth-order valence-electron chi connectivity index (χ4n) is 3.49. The molecule has 146 valence electrons. The van der Waals surface area contributed by atoms with Crippen LogP contribution in [0.3, 0.4) is 0 Å². The molecule has 28 heavy (non-hydrogen) atoms. The van der Waals surface area contributed by atoms with Crippen molar-refractivity contribution in [3.05, 3.63) is 36.3 Å². The highest BCUT2D eigenvalue weighted by Gasteiger charge is 2.21. The van der Waals surface area contributed by atoms with Crippen molar-refractivity contribution in [1.82, 2.24) is 20.3 Å². The molecule has 0 saturated heterocycles. The van der Waals surface area contributed by atoms with Crippen LogP contribution in [0.25, 0.3) is 10.2 Å². The minimum Gasteiger partial charge on any atom is -0.437 e. The maximum absolute atomic E-state index is 11.7. The zero-order chi connectivity index (χ0) is 19.5. The molecule has 1 saturated carbocycles. The summed E-state index contributed by atoms with van der Waals surface area (Å²) >= 11 is 1.67. The molecule has 0 aliphatic heterocycles. The van der Waals surface area contributed by atoms with E-state index >= 15 is 0 Å². The zero-order valence-electron chi connectivity index (χ0n) is 16.0. The predicted molar refractivity (Wildman–Crippen MR) is 110 cm³/mol. The van der Waals surface area contributed by atoms with Gasteiger partial charge in [-0.05, 0) is 25.0 Å². The number of carbonyl (C=O) groups is 1. The lowest BCUT2D eigenvalue weighted by molar-refractivity contribution is 0.0957. The van der Waals surface area contributed by atoms with E-state index in [1.54, 1.807) is 18.4 Å². The highest BCUT2D eigenvalue weighted by atomic mass is 32.1. The highest BCUT2D eigenvalue weighted by Crippen LogP contribution is 2.34. The van der Waals surface area contributed by atoms with E-state index < -0.39 is 0 Å². The summed E-state index contributed by atoms with van der Waals surface area (Å²) in [5.74, 6) is 0.627. The minimum absolute atomic E-state index is 0.218. The predicted octanol–water partition coefficient (Wildman–Crippen LogP) is 4.01. The quantitative estimate of drug-likeness (QED) is 0.701. The van der Waals surface area contributed by atoms with Crippen molar-refractivity contribution in [2.24, 2.45) is 0 Å². The van der Waals surface area contributed by atoms with Gasteiger partial charge in [-0.25, -0.2) is 9.97 Å². The van der Waals surface area contributed by atoms with Crippen molar-refractivity contribution in [2.75, 3.05) is 19.0 Å². The average Bonchev–Trinajstić information content (AvgIpc) is 3.17. The topological polar surface area (TPSA) is 80.2 Å². The molecular weight excluding hydrogens is 374 g/mol. The van der Waals surface area contributed by atoms with Gasteiger partial charge >= 0.3 is 0 Å². The number of fused-ring (bicyclic) bond motifs is 1. The maximum atomic E-state index is 11.7. The molecule has 0 unspecified atom stereocenters. The van der Waals surface area contributed by atoms with Gasteiger partial charge in [0.25, 0.3) is 5.91 Å². The number of carbonyl (C=O) groups excluding carboxylic acids is 1. The summed E-state index contributed by atoms with van der Waals surface area (Å²) in [4.78, 5) is 27.0. The van der Waals surface area contributed by atoms with Gasteiger partial charge in [-0.3, -0.25) is 9.78 Å². The van der Waals surface area contributed by atoms with E-state index in [2.05, 4.69) is 27.2 Å². The second-order valence-electron chi connectivity index (χ2n) is 6.95. The Hall–Kier alpha value is -2.74. The maximum Gasteiger partial charge on any atom is 0.271 e. The molecule has 1 aliphatic rings. The zero-order valence-corrected chi connectivity index (χ0v) is 16.8. The van der Waals surface area contributed by atoms with E-state index in [9.17, 15) is 4.79 Å². The Kier molecular flexibility index (Phi) is 5.38. The lowest BCUT2D eigenvalue weighted by Gasteiger charge is -2.30. The standard InChI is InChI=1S/C20H23N5O2S/c1-21-19(26)16-11-22-12-18(23-16)27-14-8-9-15-17(10-14)28-20(24-15)25(2)13-6-4-3-5-7-13/h8-13H,3-7H2,1-2H3,(H,21,26). The van der Waals surface area contributed by atoms with Crippen LogP contribution in [0, 0.1) is 0 Å². The van der Waals surface area contributed by atoms with Crippen LogP contribution in [0.1, 0.15) is 42.6 Å². The molecule has 0 atom stereocenters. The number of hydrogen-bond donors (Lipinski definition) is 1. The van der Waals surface area contributed by atoms with Crippen molar-refractivity contribution >= 4 is 32.6 Å². The first-order valence-corrected chi connectivity index (χ1v) is 10.3. The van der Waals surface area contributed by atoms with Gasteiger partial charge in [-0.1, -0.05) is 30.6 Å². The summed E-state index contributed by atoms with van der Waals surface area (Å²) < 4.78 is 6.88. The van der Waals surface area contributed by atoms with Gasteiger partial charge in [-0.15, -0.1) is 0 Å². The van der Waals surface area contributed by atoms with Crippen LogP contribution in [-0.4, -0.2) is 41.0 Å². The average molecular weight is 398 g/mol. The lowest BCUT2D eigenvalue weighted by Crippen LogP contribution is -2.33. The molecule has 0 spiro atoms. The van der Waals surface area contributed by atoms with Crippen molar-refractivity contribution in [2.45, 2.75) is 38.1 Å². The highest BCUT2D eigenvalue weighted by molar-refractivity contribution is 7.22. The Bertz CT molecular complexity index is 984. The van der Waals surface area contributed by atoms with Crippen molar-refractivity contribution in [1.29, 1.82) is 0 Å². The van der Waals surface area contributed by atoms with Gasteiger partial charge in [0, 0.05) is 26.2 Å². The summed E-state index contributed by atoms with van der Waals surface area (Å²) in [7, 11) is 3.70. The first-order chi connectivity index (χ1) is 13.6. The number of aromatic nitrogens is 3. The Labute approximate surface area is 167 Å². The van der Waals surface area contributed by atoms with Crippen LogP contribution >= 0.6 is 11.3 Å². The third-order valence-electron chi connectivity index (χ3n) is 5.07. The van der Waals surface area contributed by atoms with Crippen LogP contribution in [0.5, 0.6) is 11.6 Å². The SMILES string of the molecule is CNC(=O)c1cncc(Oc2ccc3nc(N(C)C4CCCCC4)sc3c2)n1. The fraction of sp³-hybridized carbons (Fsp3) is 0.400. The molecule has 4 rings (SSSR count). The number of nitrogens with zero attached hydrogens (tertiary/aromatic N) is 4. The molecular formula is C20H23N5O2S. The smallest absolute Gasteiger partial charge is 0.271 e. The van der Waals surface area contributed by atoms with Gasteiger partial charge in [0.05, 0.1) is 22.6 Å². The molecule has 8 heteroatoms. The molecule has 2 aromatic heterocycles. The van der Waals surface area contributed by atoms with Crippen molar-refractivity contribution in [3.63, 3.8) is 0 Å². The molecule has 2 heterocycles. The first-order valence-electron chi connectivity index (χ1n) is 9.49. The van der Waals surface area contributed by atoms with Crippen LogP contribution < -0.4 is 15.0 Å². The summed E-state index contributed by atoms with van der Waals surface area (Å²) in [5.41, 5.74) is 1.18. The first kappa shape index (κ1) is 18.6. The molecule has 1 aliphatic carbocycles. The Morgan fingerprint density at radius 1 is 1.21 bits per heavy atom. The summed E-state index contributed by atoms with van der Waals surface area (Å²) in [6.45, 7) is 0. The van der Waals surface area contributed by atoms with E-state index in [4.69, 9.17) is 9.72 Å². The third kappa shape index (κ3) is 3.91. The van der Waals surface area contributed by atoms with Crippen LogP contribution in [-0.2, 0) is 0 Å². The monoisotopic (exact) mass is 397 g/mol. The molecule has 3 aromatic rings. The number of thiazole rings is 1. The van der Waals surface area contributed by atoms with Gasteiger partial charge in [-0.2, -0.15) is 0 Å².